The monoisotopic (exact) mass is 364 g/mol. The molecule has 0 unspecified atom stereocenters. The standard InChI is InChI=1S/C19H22F2N2O3/c1-14-2-5-18(26-13-15-3-4-16(20)12-17(15)21)19(24)23(14)7-6-22-8-10-25-11-9-22/h2-5,12H,6-11,13H2,1H3. The molecule has 1 saturated heterocycles. The summed E-state index contributed by atoms with van der Waals surface area (Å²) in [4.78, 5) is 14.9. The van der Waals surface area contributed by atoms with Crippen LogP contribution in [-0.4, -0.2) is 42.3 Å². The Balaban J connectivity index is 1.69. The molecule has 1 aromatic carbocycles. The summed E-state index contributed by atoms with van der Waals surface area (Å²) in [5.41, 5.74) is 0.788. The molecule has 0 aliphatic carbocycles. The van der Waals surface area contributed by atoms with E-state index in [1.54, 1.807) is 16.7 Å². The van der Waals surface area contributed by atoms with Gasteiger partial charge in [0.05, 0.1) is 13.2 Å². The molecule has 7 heteroatoms. The van der Waals surface area contributed by atoms with Gasteiger partial charge in [-0.1, -0.05) is 0 Å². The lowest BCUT2D eigenvalue weighted by molar-refractivity contribution is 0.0362. The van der Waals surface area contributed by atoms with Crippen molar-refractivity contribution < 1.29 is 18.3 Å². The van der Waals surface area contributed by atoms with Gasteiger partial charge in [0.1, 0.15) is 18.2 Å². The Bertz CT molecular complexity index is 817. The van der Waals surface area contributed by atoms with E-state index in [9.17, 15) is 13.6 Å². The Labute approximate surface area is 150 Å². The summed E-state index contributed by atoms with van der Waals surface area (Å²) in [6.45, 7) is 6.16. The molecule has 1 fully saturated rings. The largest absolute Gasteiger partial charge is 0.483 e. The molecule has 1 aliphatic rings. The first-order valence-electron chi connectivity index (χ1n) is 8.62. The molecule has 2 heterocycles. The molecule has 140 valence electrons. The first-order valence-corrected chi connectivity index (χ1v) is 8.62. The van der Waals surface area contributed by atoms with Gasteiger partial charge in [0.15, 0.2) is 5.75 Å². The lowest BCUT2D eigenvalue weighted by Crippen LogP contribution is -2.39. The number of nitrogens with zero attached hydrogens (tertiary/aromatic N) is 2. The van der Waals surface area contributed by atoms with Crippen molar-refractivity contribution in [2.24, 2.45) is 0 Å². The highest BCUT2D eigenvalue weighted by molar-refractivity contribution is 5.23. The van der Waals surface area contributed by atoms with Crippen LogP contribution in [-0.2, 0) is 17.9 Å². The zero-order valence-electron chi connectivity index (χ0n) is 14.7. The second-order valence-corrected chi connectivity index (χ2v) is 6.27. The summed E-state index contributed by atoms with van der Waals surface area (Å²) >= 11 is 0. The summed E-state index contributed by atoms with van der Waals surface area (Å²) < 4.78 is 39.2. The van der Waals surface area contributed by atoms with Gasteiger partial charge in [-0.3, -0.25) is 9.69 Å². The third-order valence-corrected chi connectivity index (χ3v) is 4.50. The fraction of sp³-hybridized carbons (Fsp3) is 0.421. The Morgan fingerprint density at radius 1 is 1.12 bits per heavy atom. The van der Waals surface area contributed by atoms with Crippen LogP contribution in [0.4, 0.5) is 8.78 Å². The second-order valence-electron chi connectivity index (χ2n) is 6.27. The molecule has 0 radical (unpaired) electrons. The van der Waals surface area contributed by atoms with Crippen molar-refractivity contribution in [1.82, 2.24) is 9.47 Å². The summed E-state index contributed by atoms with van der Waals surface area (Å²) in [5.74, 6) is -1.18. The van der Waals surface area contributed by atoms with Crippen LogP contribution < -0.4 is 10.3 Å². The number of hydrogen-bond acceptors (Lipinski definition) is 4. The highest BCUT2D eigenvalue weighted by Crippen LogP contribution is 2.13. The molecule has 26 heavy (non-hydrogen) atoms. The van der Waals surface area contributed by atoms with Crippen molar-refractivity contribution in [2.75, 3.05) is 32.8 Å². The first-order chi connectivity index (χ1) is 12.5. The lowest BCUT2D eigenvalue weighted by Gasteiger charge is -2.27. The van der Waals surface area contributed by atoms with E-state index in [-0.39, 0.29) is 23.5 Å². The fourth-order valence-corrected chi connectivity index (χ4v) is 2.90. The molecule has 0 saturated carbocycles. The van der Waals surface area contributed by atoms with Crippen molar-refractivity contribution in [3.05, 3.63) is 63.6 Å². The number of halogens is 2. The van der Waals surface area contributed by atoms with Crippen LogP contribution in [0.3, 0.4) is 0 Å². The van der Waals surface area contributed by atoms with Crippen molar-refractivity contribution in [3.63, 3.8) is 0 Å². The zero-order valence-corrected chi connectivity index (χ0v) is 14.7. The molecule has 0 amide bonds. The van der Waals surface area contributed by atoms with Gasteiger partial charge < -0.3 is 14.0 Å². The summed E-state index contributed by atoms with van der Waals surface area (Å²) in [6, 6.07) is 6.67. The second kappa shape index (κ2) is 8.42. The smallest absolute Gasteiger partial charge is 0.293 e. The maximum absolute atomic E-state index is 13.7. The molecule has 1 aliphatic heterocycles. The van der Waals surface area contributed by atoms with Gasteiger partial charge >= 0.3 is 0 Å². The van der Waals surface area contributed by atoms with E-state index in [0.29, 0.717) is 19.8 Å². The van der Waals surface area contributed by atoms with Crippen LogP contribution in [0.5, 0.6) is 5.75 Å². The van der Waals surface area contributed by atoms with Gasteiger partial charge in [-0.05, 0) is 31.2 Å². The van der Waals surface area contributed by atoms with Gasteiger partial charge in [-0.25, -0.2) is 8.78 Å². The third kappa shape index (κ3) is 4.47. The molecule has 3 rings (SSSR count). The van der Waals surface area contributed by atoms with Crippen LogP contribution in [0, 0.1) is 18.6 Å². The summed E-state index contributed by atoms with van der Waals surface area (Å²) in [7, 11) is 0. The average Bonchev–Trinajstić information content (AvgIpc) is 2.63. The number of aryl methyl sites for hydroxylation is 1. The maximum atomic E-state index is 13.7. The first kappa shape index (κ1) is 18.5. The van der Waals surface area contributed by atoms with E-state index in [0.717, 1.165) is 37.5 Å². The number of hydrogen-bond donors (Lipinski definition) is 0. The Hall–Kier alpha value is -2.25. The molecule has 0 spiro atoms. The normalized spacial score (nSPS) is 15.2. The van der Waals surface area contributed by atoms with E-state index >= 15 is 0 Å². The third-order valence-electron chi connectivity index (χ3n) is 4.50. The number of benzene rings is 1. The van der Waals surface area contributed by atoms with E-state index in [1.807, 2.05) is 6.92 Å². The minimum Gasteiger partial charge on any atom is -0.483 e. The van der Waals surface area contributed by atoms with Crippen LogP contribution in [0.1, 0.15) is 11.3 Å². The summed E-state index contributed by atoms with van der Waals surface area (Å²) in [5, 5.41) is 0. The quantitative estimate of drug-likeness (QED) is 0.789. The topological polar surface area (TPSA) is 43.7 Å². The van der Waals surface area contributed by atoms with E-state index in [4.69, 9.17) is 9.47 Å². The number of ether oxygens (including phenoxy) is 2. The Morgan fingerprint density at radius 2 is 1.88 bits per heavy atom. The van der Waals surface area contributed by atoms with E-state index in [1.165, 1.54) is 6.07 Å². The van der Waals surface area contributed by atoms with Gasteiger partial charge in [0.2, 0.25) is 0 Å². The van der Waals surface area contributed by atoms with E-state index in [2.05, 4.69) is 4.90 Å². The zero-order chi connectivity index (χ0) is 18.5. The summed E-state index contributed by atoms with van der Waals surface area (Å²) in [6.07, 6.45) is 0. The maximum Gasteiger partial charge on any atom is 0.293 e. The van der Waals surface area contributed by atoms with Crippen molar-refractivity contribution in [1.29, 1.82) is 0 Å². The molecular weight excluding hydrogens is 342 g/mol. The predicted molar refractivity (Wildman–Crippen MR) is 93.4 cm³/mol. The SMILES string of the molecule is Cc1ccc(OCc2ccc(F)cc2F)c(=O)n1CCN1CCOCC1. The Kier molecular flexibility index (Phi) is 6.00. The van der Waals surface area contributed by atoms with Crippen LogP contribution >= 0.6 is 0 Å². The molecule has 0 N–H and O–H groups in total. The number of morpholine rings is 1. The van der Waals surface area contributed by atoms with Gasteiger partial charge in [-0.15, -0.1) is 0 Å². The molecule has 1 aromatic heterocycles. The van der Waals surface area contributed by atoms with Crippen LogP contribution in [0.25, 0.3) is 0 Å². The number of aromatic nitrogens is 1. The highest BCUT2D eigenvalue weighted by atomic mass is 19.1. The average molecular weight is 364 g/mol. The van der Waals surface area contributed by atoms with Gasteiger partial charge in [-0.2, -0.15) is 0 Å². The Morgan fingerprint density at radius 3 is 2.62 bits per heavy atom. The molecule has 0 atom stereocenters. The van der Waals surface area contributed by atoms with Crippen molar-refractivity contribution in [3.8, 4) is 5.75 Å². The highest BCUT2D eigenvalue weighted by Gasteiger charge is 2.13. The number of pyridine rings is 1. The molecule has 2 aromatic rings. The molecule has 5 nitrogen and oxygen atoms in total. The minimum atomic E-state index is -0.690. The lowest BCUT2D eigenvalue weighted by atomic mass is 10.2. The minimum absolute atomic E-state index is 0.131. The predicted octanol–water partition coefficient (Wildman–Crippen LogP) is 2.35. The van der Waals surface area contributed by atoms with Gasteiger partial charge in [0, 0.05) is 43.5 Å². The van der Waals surface area contributed by atoms with Crippen molar-refractivity contribution >= 4 is 0 Å². The van der Waals surface area contributed by atoms with Gasteiger partial charge in [0.25, 0.3) is 5.56 Å². The number of rotatable bonds is 6. The fourth-order valence-electron chi connectivity index (χ4n) is 2.90. The van der Waals surface area contributed by atoms with E-state index < -0.39 is 11.6 Å². The van der Waals surface area contributed by atoms with Crippen LogP contribution in [0.2, 0.25) is 0 Å². The van der Waals surface area contributed by atoms with Crippen molar-refractivity contribution in [2.45, 2.75) is 20.1 Å². The molecular formula is C19H22F2N2O3. The van der Waals surface area contributed by atoms with Crippen LogP contribution in [0.15, 0.2) is 35.1 Å². The molecule has 0 bridgehead atoms.